The summed E-state index contributed by atoms with van der Waals surface area (Å²) >= 11 is 0. The largest absolute Gasteiger partial charge is 0.354 e. The van der Waals surface area contributed by atoms with E-state index in [1.165, 1.54) is 29.5 Å². The lowest BCUT2D eigenvalue weighted by Crippen LogP contribution is -2.46. The summed E-state index contributed by atoms with van der Waals surface area (Å²) in [5.74, 6) is 0.0534. The van der Waals surface area contributed by atoms with E-state index in [-0.39, 0.29) is 18.3 Å². The Labute approximate surface area is 167 Å². The fourth-order valence-electron chi connectivity index (χ4n) is 3.58. The summed E-state index contributed by atoms with van der Waals surface area (Å²) in [7, 11) is 0. The first-order chi connectivity index (χ1) is 12.8. The van der Waals surface area contributed by atoms with Crippen LogP contribution >= 0.6 is 12.4 Å². The van der Waals surface area contributed by atoms with Gasteiger partial charge in [0.2, 0.25) is 5.91 Å². The summed E-state index contributed by atoms with van der Waals surface area (Å²) in [4.78, 5) is 18.3. The van der Waals surface area contributed by atoms with Gasteiger partial charge >= 0.3 is 0 Å². The van der Waals surface area contributed by atoms with Crippen molar-refractivity contribution in [3.8, 4) is 11.1 Å². The minimum Gasteiger partial charge on any atom is -0.354 e. The quantitative estimate of drug-likeness (QED) is 0.764. The number of halogens is 1. The van der Waals surface area contributed by atoms with Crippen molar-refractivity contribution in [1.29, 1.82) is 0 Å². The van der Waals surface area contributed by atoms with E-state index in [2.05, 4.69) is 39.5 Å². The molecule has 1 saturated heterocycles. The third kappa shape index (κ3) is 6.31. The molecule has 0 bridgehead atoms. The molecule has 1 unspecified atom stereocenters. The van der Waals surface area contributed by atoms with Crippen molar-refractivity contribution >= 4 is 18.3 Å². The van der Waals surface area contributed by atoms with Gasteiger partial charge in [0.25, 0.3) is 0 Å². The van der Waals surface area contributed by atoms with Crippen LogP contribution in [0.2, 0.25) is 0 Å². The number of nitrogens with two attached hydrogens (primary N) is 1. The van der Waals surface area contributed by atoms with Gasteiger partial charge in [-0.2, -0.15) is 0 Å². The van der Waals surface area contributed by atoms with Crippen LogP contribution in [0.3, 0.4) is 0 Å². The van der Waals surface area contributed by atoms with E-state index in [9.17, 15) is 4.79 Å². The molecule has 27 heavy (non-hydrogen) atoms. The molecule has 0 aliphatic carbocycles. The molecular weight excluding hydrogens is 360 g/mol. The number of hydrogen-bond acceptors (Lipinski definition) is 4. The Morgan fingerprint density at radius 1 is 1.19 bits per heavy atom. The maximum atomic E-state index is 11.7. The lowest BCUT2D eigenvalue weighted by molar-refractivity contribution is -0.121. The zero-order chi connectivity index (χ0) is 18.2. The zero-order valence-electron chi connectivity index (χ0n) is 15.6. The molecule has 2 heterocycles. The topological polar surface area (TPSA) is 71.2 Å². The number of hydrogen-bond donors (Lipinski definition) is 2. The summed E-state index contributed by atoms with van der Waals surface area (Å²) < 4.78 is 0. The second-order valence-corrected chi connectivity index (χ2v) is 6.90. The highest BCUT2D eigenvalue weighted by atomic mass is 35.5. The summed E-state index contributed by atoms with van der Waals surface area (Å²) in [6, 6.07) is 13.2. The van der Waals surface area contributed by atoms with Crippen LogP contribution in [-0.4, -0.2) is 41.5 Å². The third-order valence-electron chi connectivity index (χ3n) is 4.98. The average Bonchev–Trinajstić information content (AvgIpc) is 2.68. The molecular formula is C21H29ClN4O. The van der Waals surface area contributed by atoms with Gasteiger partial charge < -0.3 is 11.1 Å². The number of pyridine rings is 1. The van der Waals surface area contributed by atoms with Crippen LogP contribution in [0.25, 0.3) is 11.1 Å². The van der Waals surface area contributed by atoms with Crippen LogP contribution in [0.15, 0.2) is 48.8 Å². The molecule has 6 heteroatoms. The molecule has 1 aliphatic rings. The van der Waals surface area contributed by atoms with E-state index in [4.69, 9.17) is 5.73 Å². The highest BCUT2D eigenvalue weighted by Crippen LogP contribution is 2.23. The number of carbonyl (C=O) groups excluding carboxylic acids is 1. The van der Waals surface area contributed by atoms with E-state index >= 15 is 0 Å². The van der Waals surface area contributed by atoms with Gasteiger partial charge in [-0.1, -0.05) is 24.6 Å². The zero-order valence-corrected chi connectivity index (χ0v) is 16.5. The van der Waals surface area contributed by atoms with Gasteiger partial charge in [-0.05, 0) is 54.3 Å². The predicted molar refractivity (Wildman–Crippen MR) is 112 cm³/mol. The molecule has 2 aromatic rings. The minimum absolute atomic E-state index is 0. The maximum Gasteiger partial charge on any atom is 0.221 e. The molecule has 1 aromatic carbocycles. The number of benzene rings is 1. The second kappa shape index (κ2) is 11.0. The minimum atomic E-state index is 0. The van der Waals surface area contributed by atoms with E-state index in [0.29, 0.717) is 25.6 Å². The second-order valence-electron chi connectivity index (χ2n) is 6.90. The summed E-state index contributed by atoms with van der Waals surface area (Å²) in [5.41, 5.74) is 9.16. The maximum absolute atomic E-state index is 11.7. The van der Waals surface area contributed by atoms with Crippen LogP contribution < -0.4 is 11.1 Å². The number of likely N-dealkylation sites (tertiary alicyclic amines) is 1. The van der Waals surface area contributed by atoms with Gasteiger partial charge in [-0.25, -0.2) is 0 Å². The Bertz CT molecular complexity index is 710. The third-order valence-corrected chi connectivity index (χ3v) is 4.98. The number of carbonyl (C=O) groups is 1. The lowest BCUT2D eigenvalue weighted by atomic mass is 9.99. The van der Waals surface area contributed by atoms with Crippen molar-refractivity contribution in [2.24, 2.45) is 5.73 Å². The van der Waals surface area contributed by atoms with Gasteiger partial charge in [-0.3, -0.25) is 14.7 Å². The number of amides is 1. The van der Waals surface area contributed by atoms with Gasteiger partial charge in [0.1, 0.15) is 0 Å². The molecule has 0 radical (unpaired) electrons. The van der Waals surface area contributed by atoms with Crippen LogP contribution in [0, 0.1) is 0 Å². The van der Waals surface area contributed by atoms with Crippen molar-refractivity contribution in [3.63, 3.8) is 0 Å². The van der Waals surface area contributed by atoms with Gasteiger partial charge in [0.05, 0.1) is 0 Å². The standard InChI is InChI=1S/C21H28N4O.ClH/c22-10-7-21(26)24-15-20-6-1-2-13-25(20)16-17-4-3-5-19(14-17)18-8-11-23-12-9-18;/h3-5,8-9,11-12,14,20H,1-2,6-7,10,13,15-16,22H2,(H,24,26);1H. The first kappa shape index (κ1) is 21.4. The molecule has 146 valence electrons. The van der Waals surface area contributed by atoms with E-state index in [1.807, 2.05) is 24.5 Å². The van der Waals surface area contributed by atoms with Crippen molar-refractivity contribution in [1.82, 2.24) is 15.2 Å². The van der Waals surface area contributed by atoms with E-state index in [0.717, 1.165) is 19.5 Å². The SMILES string of the molecule is Cl.NCCC(=O)NCC1CCCCN1Cc1cccc(-c2ccncc2)c1. The van der Waals surface area contributed by atoms with Crippen molar-refractivity contribution < 1.29 is 4.79 Å². The number of nitrogens with zero attached hydrogens (tertiary/aromatic N) is 2. The Morgan fingerprint density at radius 2 is 2.00 bits per heavy atom. The summed E-state index contributed by atoms with van der Waals surface area (Å²) in [6.45, 7) is 3.11. The molecule has 1 amide bonds. The summed E-state index contributed by atoms with van der Waals surface area (Å²) in [6.07, 6.45) is 7.63. The van der Waals surface area contributed by atoms with Gasteiger partial charge in [0, 0.05) is 44.5 Å². The predicted octanol–water partition coefficient (Wildman–Crippen LogP) is 2.99. The van der Waals surface area contributed by atoms with E-state index < -0.39 is 0 Å². The molecule has 0 saturated carbocycles. The lowest BCUT2D eigenvalue weighted by Gasteiger charge is -2.36. The summed E-state index contributed by atoms with van der Waals surface area (Å²) in [5, 5.41) is 3.04. The monoisotopic (exact) mass is 388 g/mol. The molecule has 1 fully saturated rings. The Balaban J connectivity index is 0.00000261. The molecule has 3 rings (SSSR count). The number of piperidine rings is 1. The first-order valence-corrected chi connectivity index (χ1v) is 9.46. The van der Waals surface area contributed by atoms with Gasteiger partial charge in [-0.15, -0.1) is 12.4 Å². The van der Waals surface area contributed by atoms with Crippen molar-refractivity contribution in [2.45, 2.75) is 38.3 Å². The Morgan fingerprint density at radius 3 is 2.78 bits per heavy atom. The van der Waals surface area contributed by atoms with Crippen LogP contribution in [-0.2, 0) is 11.3 Å². The molecule has 1 aliphatic heterocycles. The Kier molecular flexibility index (Phi) is 8.72. The van der Waals surface area contributed by atoms with Crippen LogP contribution in [0.1, 0.15) is 31.2 Å². The highest BCUT2D eigenvalue weighted by molar-refractivity contribution is 5.85. The highest BCUT2D eigenvalue weighted by Gasteiger charge is 2.22. The van der Waals surface area contributed by atoms with Crippen molar-refractivity contribution in [3.05, 3.63) is 54.4 Å². The van der Waals surface area contributed by atoms with E-state index in [1.54, 1.807) is 0 Å². The van der Waals surface area contributed by atoms with Crippen LogP contribution in [0.5, 0.6) is 0 Å². The number of aromatic nitrogens is 1. The molecule has 1 aromatic heterocycles. The number of nitrogens with one attached hydrogen (secondary N) is 1. The smallest absolute Gasteiger partial charge is 0.221 e. The normalized spacial score (nSPS) is 17.1. The van der Waals surface area contributed by atoms with Gasteiger partial charge in [0.15, 0.2) is 0 Å². The first-order valence-electron chi connectivity index (χ1n) is 9.46. The van der Waals surface area contributed by atoms with Crippen LogP contribution in [0.4, 0.5) is 0 Å². The number of rotatable bonds is 7. The fraction of sp³-hybridized carbons (Fsp3) is 0.429. The molecule has 0 spiro atoms. The molecule has 1 atom stereocenters. The molecule has 3 N–H and O–H groups in total. The van der Waals surface area contributed by atoms with Crippen molar-refractivity contribution in [2.75, 3.05) is 19.6 Å². The molecule has 5 nitrogen and oxygen atoms in total. The average molecular weight is 389 g/mol. The fourth-order valence-corrected chi connectivity index (χ4v) is 3.58. The Hall–Kier alpha value is -1.95.